The fourth-order valence-electron chi connectivity index (χ4n) is 2.40. The summed E-state index contributed by atoms with van der Waals surface area (Å²) < 4.78 is 39.2. The highest BCUT2D eigenvalue weighted by Gasteiger charge is 2.22. The molecule has 3 N–H and O–H groups in total. The van der Waals surface area contributed by atoms with E-state index in [0.717, 1.165) is 17.2 Å². The van der Waals surface area contributed by atoms with E-state index in [2.05, 4.69) is 5.32 Å². The Kier molecular flexibility index (Phi) is 8.04. The molecule has 0 spiro atoms. The quantitative estimate of drug-likeness (QED) is 0.305. The van der Waals surface area contributed by atoms with Crippen LogP contribution in [0.1, 0.15) is 12.5 Å². The van der Waals surface area contributed by atoms with Gasteiger partial charge in [-0.15, -0.1) is 0 Å². The van der Waals surface area contributed by atoms with E-state index in [1.807, 2.05) is 0 Å². The number of benzene rings is 2. The highest BCUT2D eigenvalue weighted by Crippen LogP contribution is 2.14. The molecule has 0 heterocycles. The lowest BCUT2D eigenvalue weighted by molar-refractivity contribution is -0.173. The molecule has 0 aliphatic heterocycles. The molecule has 2 aromatic carbocycles. The van der Waals surface area contributed by atoms with Gasteiger partial charge in [0.2, 0.25) is 5.91 Å². The Morgan fingerprint density at radius 3 is 2.22 bits per heavy atom. The van der Waals surface area contributed by atoms with Crippen molar-refractivity contribution in [2.75, 3.05) is 12.4 Å². The van der Waals surface area contributed by atoms with Crippen LogP contribution in [0.25, 0.3) is 0 Å². The summed E-state index contributed by atoms with van der Waals surface area (Å²) in [7, 11) is -3.20. The van der Waals surface area contributed by atoms with Crippen molar-refractivity contribution in [1.29, 1.82) is 0 Å². The number of nitrogens with one attached hydrogen (secondary N) is 2. The number of hydrogen-bond acceptors (Lipinski definition) is 7. The standard InChI is InChI=1S/C20H20FN3O7S/c1-13(25)22-16-7-9-17(10-8-16)32(29,30)23-20(28)18(26)11-19(27)24(31-2)12-14-3-5-15(21)6-4-14/h3-11,26H,12H2,1-2H3,(H,22,25)(H,23,28)/b18-11-. The van der Waals surface area contributed by atoms with Gasteiger partial charge in [-0.3, -0.25) is 19.2 Å². The minimum Gasteiger partial charge on any atom is -0.503 e. The normalized spacial score (nSPS) is 11.5. The molecule has 0 saturated heterocycles. The molecule has 0 saturated carbocycles. The number of carbonyl (C=O) groups is 3. The molecule has 12 heteroatoms. The van der Waals surface area contributed by atoms with Crippen molar-refractivity contribution in [3.05, 3.63) is 71.7 Å². The Balaban J connectivity index is 2.07. The number of carbonyl (C=O) groups excluding carboxylic acids is 3. The number of anilines is 1. The predicted octanol–water partition coefficient (Wildman–Crippen LogP) is 1.62. The molecule has 2 aromatic rings. The highest BCUT2D eigenvalue weighted by atomic mass is 32.2. The van der Waals surface area contributed by atoms with Crippen molar-refractivity contribution in [2.45, 2.75) is 18.4 Å². The first-order valence-corrected chi connectivity index (χ1v) is 10.5. The summed E-state index contributed by atoms with van der Waals surface area (Å²) in [4.78, 5) is 39.9. The second kappa shape index (κ2) is 10.5. The molecule has 0 unspecified atom stereocenters. The van der Waals surface area contributed by atoms with Crippen molar-refractivity contribution < 1.29 is 37.1 Å². The first-order chi connectivity index (χ1) is 15.0. The monoisotopic (exact) mass is 465 g/mol. The van der Waals surface area contributed by atoms with E-state index in [-0.39, 0.29) is 17.3 Å². The Bertz CT molecular complexity index is 1130. The second-order valence-corrected chi connectivity index (χ2v) is 8.04. The smallest absolute Gasteiger partial charge is 0.300 e. The molecule has 0 aliphatic carbocycles. The van der Waals surface area contributed by atoms with Gasteiger partial charge >= 0.3 is 0 Å². The number of aliphatic hydroxyl groups is 1. The lowest BCUT2D eigenvalue weighted by atomic mass is 10.2. The van der Waals surface area contributed by atoms with Gasteiger partial charge in [-0.1, -0.05) is 12.1 Å². The molecule has 10 nitrogen and oxygen atoms in total. The number of rotatable bonds is 8. The molecule has 0 aliphatic rings. The Labute approximate surface area is 183 Å². The topological polar surface area (TPSA) is 142 Å². The number of nitrogens with zero attached hydrogens (tertiary/aromatic N) is 1. The maximum Gasteiger partial charge on any atom is 0.300 e. The molecule has 0 fully saturated rings. The molecular formula is C20H20FN3O7S. The molecular weight excluding hydrogens is 445 g/mol. The largest absolute Gasteiger partial charge is 0.503 e. The zero-order chi connectivity index (χ0) is 23.9. The first-order valence-electron chi connectivity index (χ1n) is 8.97. The SMILES string of the molecule is CON(Cc1ccc(F)cc1)C(=O)/C=C(\O)C(=O)NS(=O)(=O)c1ccc(NC(C)=O)cc1. The predicted molar refractivity (Wildman–Crippen MR) is 111 cm³/mol. The van der Waals surface area contributed by atoms with Crippen LogP contribution in [-0.2, 0) is 35.8 Å². The number of hydrogen-bond donors (Lipinski definition) is 3. The maximum atomic E-state index is 13.0. The van der Waals surface area contributed by atoms with Gasteiger partial charge in [0.1, 0.15) is 5.82 Å². The molecule has 0 aromatic heterocycles. The lowest BCUT2D eigenvalue weighted by Crippen LogP contribution is -2.33. The number of hydroxylamine groups is 2. The molecule has 170 valence electrons. The third kappa shape index (κ3) is 6.89. The van der Waals surface area contributed by atoms with Gasteiger partial charge in [-0.2, -0.15) is 0 Å². The minimum absolute atomic E-state index is 0.125. The number of amides is 3. The third-order valence-corrected chi connectivity index (χ3v) is 5.26. The van der Waals surface area contributed by atoms with Gasteiger partial charge < -0.3 is 10.4 Å². The van der Waals surface area contributed by atoms with Gasteiger partial charge in [0.15, 0.2) is 5.76 Å². The number of sulfonamides is 1. The Hall–Kier alpha value is -3.77. The maximum absolute atomic E-state index is 13.0. The fraction of sp³-hybridized carbons (Fsp3) is 0.150. The minimum atomic E-state index is -4.37. The van der Waals surface area contributed by atoms with Crippen molar-refractivity contribution in [3.63, 3.8) is 0 Å². The van der Waals surface area contributed by atoms with Gasteiger partial charge in [-0.25, -0.2) is 22.6 Å². The van der Waals surface area contributed by atoms with E-state index < -0.39 is 33.4 Å². The average Bonchev–Trinajstić information content (AvgIpc) is 2.72. The Morgan fingerprint density at radius 1 is 1.09 bits per heavy atom. The molecule has 3 amide bonds. The van der Waals surface area contributed by atoms with Crippen LogP contribution in [0.5, 0.6) is 0 Å². The van der Waals surface area contributed by atoms with E-state index in [4.69, 9.17) is 4.84 Å². The zero-order valence-corrected chi connectivity index (χ0v) is 17.8. The number of halogens is 1. The van der Waals surface area contributed by atoms with Crippen LogP contribution in [0.3, 0.4) is 0 Å². The molecule has 2 rings (SSSR count). The number of aliphatic hydroxyl groups excluding tert-OH is 1. The van der Waals surface area contributed by atoms with Gasteiger partial charge in [0, 0.05) is 12.6 Å². The van der Waals surface area contributed by atoms with Crippen molar-refractivity contribution in [2.24, 2.45) is 0 Å². The zero-order valence-electron chi connectivity index (χ0n) is 17.0. The van der Waals surface area contributed by atoms with Gasteiger partial charge in [0.05, 0.1) is 24.6 Å². The first kappa shape index (κ1) is 24.5. The van der Waals surface area contributed by atoms with E-state index >= 15 is 0 Å². The van der Waals surface area contributed by atoms with E-state index in [1.165, 1.54) is 50.4 Å². The fourth-order valence-corrected chi connectivity index (χ4v) is 3.36. The summed E-state index contributed by atoms with van der Waals surface area (Å²) in [6, 6.07) is 10.1. The summed E-state index contributed by atoms with van der Waals surface area (Å²) in [6.45, 7) is 1.16. The van der Waals surface area contributed by atoms with Crippen LogP contribution in [0.4, 0.5) is 10.1 Å². The Morgan fingerprint density at radius 2 is 1.69 bits per heavy atom. The average molecular weight is 465 g/mol. The van der Waals surface area contributed by atoms with Crippen molar-refractivity contribution in [1.82, 2.24) is 9.79 Å². The van der Waals surface area contributed by atoms with Crippen LogP contribution >= 0.6 is 0 Å². The molecule has 0 radical (unpaired) electrons. The summed E-state index contributed by atoms with van der Waals surface area (Å²) in [6.07, 6.45) is 0.484. The van der Waals surface area contributed by atoms with E-state index in [9.17, 15) is 32.3 Å². The van der Waals surface area contributed by atoms with E-state index in [1.54, 1.807) is 4.72 Å². The molecule has 0 atom stereocenters. The van der Waals surface area contributed by atoms with Crippen LogP contribution in [0.15, 0.2) is 65.3 Å². The molecule has 32 heavy (non-hydrogen) atoms. The highest BCUT2D eigenvalue weighted by molar-refractivity contribution is 7.90. The van der Waals surface area contributed by atoms with Crippen molar-refractivity contribution >= 4 is 33.4 Å². The van der Waals surface area contributed by atoms with Gasteiger partial charge in [0.25, 0.3) is 21.8 Å². The van der Waals surface area contributed by atoms with E-state index in [0.29, 0.717) is 17.3 Å². The van der Waals surface area contributed by atoms with Crippen molar-refractivity contribution in [3.8, 4) is 0 Å². The van der Waals surface area contributed by atoms with Crippen LogP contribution in [0, 0.1) is 5.82 Å². The molecule has 0 bridgehead atoms. The third-order valence-electron chi connectivity index (χ3n) is 3.91. The second-order valence-electron chi connectivity index (χ2n) is 6.35. The summed E-state index contributed by atoms with van der Waals surface area (Å²) in [5, 5.41) is 13.1. The lowest BCUT2D eigenvalue weighted by Gasteiger charge is -2.18. The summed E-state index contributed by atoms with van der Waals surface area (Å²) in [5.41, 5.74) is 0.848. The summed E-state index contributed by atoms with van der Waals surface area (Å²) >= 11 is 0. The van der Waals surface area contributed by atoms with Crippen LogP contribution in [-0.4, -0.2) is 43.4 Å². The van der Waals surface area contributed by atoms with Gasteiger partial charge in [-0.05, 0) is 42.0 Å². The van der Waals surface area contributed by atoms with Crippen LogP contribution in [0.2, 0.25) is 0 Å². The van der Waals surface area contributed by atoms with Crippen LogP contribution < -0.4 is 10.0 Å². The summed E-state index contributed by atoms with van der Waals surface area (Å²) in [5.74, 6) is -4.39.